The van der Waals surface area contributed by atoms with Crippen molar-refractivity contribution in [3.63, 3.8) is 0 Å². The second-order valence-corrected chi connectivity index (χ2v) is 7.82. The van der Waals surface area contributed by atoms with Crippen LogP contribution in [0, 0.1) is 0 Å². The highest BCUT2D eigenvalue weighted by molar-refractivity contribution is 6.32. The van der Waals surface area contributed by atoms with E-state index in [0.717, 1.165) is 13.0 Å². The molecule has 0 aromatic carbocycles. The first kappa shape index (κ1) is 30.5. The van der Waals surface area contributed by atoms with Crippen molar-refractivity contribution in [1.82, 2.24) is 0 Å². The number of hydrogen-bond acceptors (Lipinski definition) is 7. The summed E-state index contributed by atoms with van der Waals surface area (Å²) in [5, 5.41) is 8.41. The minimum atomic E-state index is -1.54. The first-order valence-corrected chi connectivity index (χ1v) is 12.2. The van der Waals surface area contributed by atoms with E-state index in [9.17, 15) is 14.4 Å². The fourth-order valence-corrected chi connectivity index (χ4v) is 3.02. The van der Waals surface area contributed by atoms with E-state index >= 15 is 0 Å². The number of esters is 1. The van der Waals surface area contributed by atoms with Gasteiger partial charge in [0.25, 0.3) is 0 Å². The molecule has 0 saturated carbocycles. The van der Waals surface area contributed by atoms with Crippen LogP contribution < -0.4 is 0 Å². The molecule has 0 atom stereocenters. The van der Waals surface area contributed by atoms with Gasteiger partial charge in [-0.1, -0.05) is 71.1 Å². The molecule has 0 bridgehead atoms. The standard InChI is InChI=1S/C24H44O8/c1-2-3-4-5-6-7-8-9-10-11-12-15-29-16-17-30-18-19-31-20-21-32-23(26)14-13-22(25)24(27)28/h2-21H2,1H3,(H,27,28). The van der Waals surface area contributed by atoms with Crippen LogP contribution in [0.2, 0.25) is 0 Å². The molecule has 0 heterocycles. The van der Waals surface area contributed by atoms with Crippen molar-refractivity contribution in [2.75, 3.05) is 46.2 Å². The molecular weight excluding hydrogens is 416 g/mol. The molecule has 1 N–H and O–H groups in total. The van der Waals surface area contributed by atoms with Crippen LogP contribution in [0.5, 0.6) is 0 Å². The van der Waals surface area contributed by atoms with Gasteiger partial charge in [0.15, 0.2) is 0 Å². The van der Waals surface area contributed by atoms with Gasteiger partial charge in [-0.15, -0.1) is 0 Å². The lowest BCUT2D eigenvalue weighted by molar-refractivity contribution is -0.151. The molecule has 8 nitrogen and oxygen atoms in total. The number of hydrogen-bond donors (Lipinski definition) is 1. The van der Waals surface area contributed by atoms with E-state index in [1.54, 1.807) is 0 Å². The lowest BCUT2D eigenvalue weighted by Gasteiger charge is -2.07. The third-order valence-electron chi connectivity index (χ3n) is 4.92. The first-order valence-electron chi connectivity index (χ1n) is 12.2. The minimum Gasteiger partial charge on any atom is -0.476 e. The van der Waals surface area contributed by atoms with Gasteiger partial charge in [-0.05, 0) is 6.42 Å². The van der Waals surface area contributed by atoms with Crippen molar-refractivity contribution in [2.24, 2.45) is 0 Å². The molecule has 0 aliphatic carbocycles. The Kier molecular flexibility index (Phi) is 23.0. The number of carboxylic acids is 1. The molecular formula is C24H44O8. The van der Waals surface area contributed by atoms with E-state index < -0.39 is 17.7 Å². The zero-order valence-electron chi connectivity index (χ0n) is 19.9. The van der Waals surface area contributed by atoms with Gasteiger partial charge in [0.2, 0.25) is 5.78 Å². The third kappa shape index (κ3) is 23.2. The molecule has 0 rings (SSSR count). The average Bonchev–Trinajstić information content (AvgIpc) is 2.78. The van der Waals surface area contributed by atoms with Crippen molar-refractivity contribution in [3.05, 3.63) is 0 Å². The number of aliphatic carboxylic acids is 1. The van der Waals surface area contributed by atoms with Gasteiger partial charge in [-0.25, -0.2) is 4.79 Å². The number of carbonyl (C=O) groups excluding carboxylic acids is 2. The summed E-state index contributed by atoms with van der Waals surface area (Å²) < 4.78 is 21.1. The maximum absolute atomic E-state index is 11.3. The largest absolute Gasteiger partial charge is 0.476 e. The van der Waals surface area contributed by atoms with Crippen LogP contribution in [0.25, 0.3) is 0 Å². The lowest BCUT2D eigenvalue weighted by Crippen LogP contribution is -2.17. The number of unbranched alkanes of at least 4 members (excludes halogenated alkanes) is 10. The van der Waals surface area contributed by atoms with Crippen LogP contribution in [0.3, 0.4) is 0 Å². The number of carboxylic acid groups (broad SMARTS) is 1. The SMILES string of the molecule is CCCCCCCCCCCCCOCCOCCOCCOC(=O)CCC(=O)C(=O)O. The number of carbonyl (C=O) groups is 3. The van der Waals surface area contributed by atoms with Crippen LogP contribution in [0.4, 0.5) is 0 Å². The summed E-state index contributed by atoms with van der Waals surface area (Å²) in [6.45, 7) is 5.22. The normalized spacial score (nSPS) is 10.9. The van der Waals surface area contributed by atoms with Gasteiger partial charge in [-0.2, -0.15) is 0 Å². The Bertz CT molecular complexity index is 467. The van der Waals surface area contributed by atoms with Crippen LogP contribution >= 0.6 is 0 Å². The Hall–Kier alpha value is -1.51. The van der Waals surface area contributed by atoms with E-state index in [0.29, 0.717) is 26.4 Å². The van der Waals surface area contributed by atoms with Crippen molar-refractivity contribution in [2.45, 2.75) is 90.4 Å². The number of rotatable bonds is 25. The highest BCUT2D eigenvalue weighted by atomic mass is 16.6. The highest BCUT2D eigenvalue weighted by Crippen LogP contribution is 2.11. The van der Waals surface area contributed by atoms with Gasteiger partial charge < -0.3 is 24.1 Å². The van der Waals surface area contributed by atoms with Gasteiger partial charge >= 0.3 is 11.9 Å². The third-order valence-corrected chi connectivity index (χ3v) is 4.92. The van der Waals surface area contributed by atoms with Crippen molar-refractivity contribution in [3.8, 4) is 0 Å². The smallest absolute Gasteiger partial charge is 0.372 e. The summed E-state index contributed by atoms with van der Waals surface area (Å²) in [6, 6.07) is 0. The summed E-state index contributed by atoms with van der Waals surface area (Å²) in [5.74, 6) is -3.16. The van der Waals surface area contributed by atoms with Crippen LogP contribution in [0.15, 0.2) is 0 Å². The predicted octanol–water partition coefficient (Wildman–Crippen LogP) is 4.32. The molecule has 0 radical (unpaired) electrons. The number of ketones is 1. The maximum atomic E-state index is 11.3. The Labute approximate surface area is 193 Å². The van der Waals surface area contributed by atoms with Crippen LogP contribution in [-0.4, -0.2) is 69.1 Å². The molecule has 0 fully saturated rings. The molecule has 0 aromatic heterocycles. The zero-order valence-corrected chi connectivity index (χ0v) is 19.9. The molecule has 0 amide bonds. The zero-order chi connectivity index (χ0) is 23.7. The molecule has 32 heavy (non-hydrogen) atoms. The quantitative estimate of drug-likeness (QED) is 0.122. The number of ether oxygens (including phenoxy) is 4. The second-order valence-electron chi connectivity index (χ2n) is 7.82. The summed E-state index contributed by atoms with van der Waals surface area (Å²) in [4.78, 5) is 32.5. The fourth-order valence-electron chi connectivity index (χ4n) is 3.02. The van der Waals surface area contributed by atoms with Gasteiger partial charge in [0.05, 0.1) is 39.5 Å². The van der Waals surface area contributed by atoms with E-state index in [-0.39, 0.29) is 26.1 Å². The Balaban J connectivity index is 3.15. The van der Waals surface area contributed by atoms with E-state index in [4.69, 9.17) is 24.1 Å². The van der Waals surface area contributed by atoms with Gasteiger partial charge in [-0.3, -0.25) is 9.59 Å². The minimum absolute atomic E-state index is 0.0577. The maximum Gasteiger partial charge on any atom is 0.372 e. The Morgan fingerprint density at radius 2 is 1.00 bits per heavy atom. The summed E-state index contributed by atoms with van der Waals surface area (Å²) in [6.07, 6.45) is 14.0. The molecule has 0 unspecified atom stereocenters. The summed E-state index contributed by atoms with van der Waals surface area (Å²) in [7, 11) is 0. The molecule has 0 aromatic rings. The molecule has 0 aliphatic heterocycles. The average molecular weight is 461 g/mol. The first-order chi connectivity index (χ1) is 15.6. The fraction of sp³-hybridized carbons (Fsp3) is 0.875. The lowest BCUT2D eigenvalue weighted by atomic mass is 10.1. The number of Topliss-reactive ketones (excluding diaryl/α,β-unsaturated/α-hetero) is 1. The highest BCUT2D eigenvalue weighted by Gasteiger charge is 2.14. The monoisotopic (exact) mass is 460 g/mol. The van der Waals surface area contributed by atoms with Gasteiger partial charge in [0.1, 0.15) is 6.61 Å². The van der Waals surface area contributed by atoms with Gasteiger partial charge in [0, 0.05) is 13.0 Å². The van der Waals surface area contributed by atoms with Crippen LogP contribution in [0.1, 0.15) is 90.4 Å². The Morgan fingerprint density at radius 3 is 1.50 bits per heavy atom. The topological polar surface area (TPSA) is 108 Å². The van der Waals surface area contributed by atoms with Crippen molar-refractivity contribution >= 4 is 17.7 Å². The van der Waals surface area contributed by atoms with Crippen molar-refractivity contribution in [1.29, 1.82) is 0 Å². The summed E-state index contributed by atoms with van der Waals surface area (Å²) in [5.41, 5.74) is 0. The van der Waals surface area contributed by atoms with E-state index in [2.05, 4.69) is 6.92 Å². The van der Waals surface area contributed by atoms with Crippen LogP contribution in [-0.2, 0) is 33.3 Å². The molecule has 0 aliphatic rings. The van der Waals surface area contributed by atoms with E-state index in [1.807, 2.05) is 0 Å². The second kappa shape index (κ2) is 24.1. The molecule has 0 spiro atoms. The summed E-state index contributed by atoms with van der Waals surface area (Å²) >= 11 is 0. The predicted molar refractivity (Wildman–Crippen MR) is 122 cm³/mol. The van der Waals surface area contributed by atoms with Crippen molar-refractivity contribution < 1.29 is 38.4 Å². The Morgan fingerprint density at radius 1 is 0.562 bits per heavy atom. The molecule has 8 heteroatoms. The molecule has 188 valence electrons. The van der Waals surface area contributed by atoms with E-state index in [1.165, 1.54) is 64.2 Å². The molecule has 0 saturated heterocycles.